The van der Waals surface area contributed by atoms with Gasteiger partial charge in [-0.3, -0.25) is 9.59 Å². The molecule has 0 aromatic heterocycles. The third-order valence-corrected chi connectivity index (χ3v) is 7.77. The molecule has 0 radical (unpaired) electrons. The third kappa shape index (κ3) is 7.59. The number of nitrogens with one attached hydrogen (secondary N) is 1. The Morgan fingerprint density at radius 2 is 1.63 bits per heavy atom. The minimum atomic E-state index is -0.145. The Hall–Kier alpha value is -5.92. The van der Waals surface area contributed by atoms with Gasteiger partial charge in [-0.05, 0) is 96.1 Å². The number of rotatable bonds is 9. The molecule has 1 fully saturated rings. The number of benzene rings is 3. The number of aliphatic hydroxyl groups excluding tert-OH is 1. The molecular weight excluding hydrogens is 576 g/mol. The van der Waals surface area contributed by atoms with Crippen molar-refractivity contribution in [2.24, 2.45) is 0 Å². The van der Waals surface area contributed by atoms with Crippen LogP contribution in [0.3, 0.4) is 0 Å². The van der Waals surface area contributed by atoms with Gasteiger partial charge in [0.1, 0.15) is 18.5 Å². The lowest BCUT2D eigenvalue weighted by atomic mass is 10.0. The molecule has 0 bridgehead atoms. The molecule has 2 amide bonds. The van der Waals surface area contributed by atoms with Crippen LogP contribution in [0, 0.1) is 19.1 Å². The highest BCUT2D eigenvalue weighted by molar-refractivity contribution is 6.04. The molecule has 4 aromatic carbocycles. The summed E-state index contributed by atoms with van der Waals surface area (Å²) in [6.45, 7) is 3.48. The Labute approximate surface area is 268 Å². The van der Waals surface area contributed by atoms with Gasteiger partial charge in [-0.15, -0.1) is 0 Å². The number of allylic oxidation sites excluding steroid dienone is 1. The number of anilines is 1. The first-order chi connectivity index (χ1) is 22.4. The summed E-state index contributed by atoms with van der Waals surface area (Å²) >= 11 is 0. The number of hydrogen-bond donors (Lipinski definition) is 2. The molecule has 1 aliphatic carbocycles. The van der Waals surface area contributed by atoms with E-state index in [-0.39, 0.29) is 23.7 Å². The van der Waals surface area contributed by atoms with Gasteiger partial charge in [-0.1, -0.05) is 48.2 Å². The maximum absolute atomic E-state index is 12.7. The summed E-state index contributed by atoms with van der Waals surface area (Å²) in [5.41, 5.74) is 11.0. The Kier molecular flexibility index (Phi) is 9.04. The van der Waals surface area contributed by atoms with Crippen LogP contribution >= 0.6 is 0 Å². The molecular formula is C39H32N2O5. The first-order valence-corrected chi connectivity index (χ1v) is 15.1. The number of nitrogens with zero attached hydrogens (tertiary/aromatic N) is 1. The zero-order valence-corrected chi connectivity index (χ0v) is 25.4. The number of carbonyl (C=O) groups excluding carboxylic acids is 2. The molecule has 4 aromatic rings. The van der Waals surface area contributed by atoms with E-state index in [2.05, 4.69) is 28.9 Å². The van der Waals surface area contributed by atoms with Crippen molar-refractivity contribution in [1.82, 2.24) is 4.90 Å². The Morgan fingerprint density at radius 3 is 2.28 bits per heavy atom. The van der Waals surface area contributed by atoms with Crippen molar-refractivity contribution in [2.75, 3.05) is 18.4 Å². The normalized spacial score (nSPS) is 14.2. The smallest absolute Gasteiger partial charge is 0.262 e. The molecule has 1 saturated heterocycles. The van der Waals surface area contributed by atoms with E-state index in [1.54, 1.807) is 11.0 Å². The van der Waals surface area contributed by atoms with Gasteiger partial charge in [-0.2, -0.15) is 0 Å². The second-order valence-corrected chi connectivity index (χ2v) is 11.2. The minimum Gasteiger partial charge on any atom is -0.501 e. The van der Waals surface area contributed by atoms with Crippen LogP contribution in [0.5, 0.6) is 11.5 Å². The lowest BCUT2D eigenvalue weighted by Gasteiger charge is -2.32. The van der Waals surface area contributed by atoms with E-state index in [0.29, 0.717) is 49.4 Å². The fourth-order valence-corrected chi connectivity index (χ4v) is 5.23. The van der Waals surface area contributed by atoms with Gasteiger partial charge in [0.25, 0.3) is 11.8 Å². The van der Waals surface area contributed by atoms with E-state index >= 15 is 0 Å². The van der Waals surface area contributed by atoms with Gasteiger partial charge in [0.15, 0.2) is 11.5 Å². The highest BCUT2D eigenvalue weighted by Gasteiger charge is 2.25. The fraction of sp³-hybridized carbons (Fsp3) is 0.179. The molecule has 228 valence electrons. The predicted octanol–water partition coefficient (Wildman–Crippen LogP) is 7.16. The quantitative estimate of drug-likeness (QED) is 0.197. The SMILES string of the molecule is Cc1cccc(NC(=O)c2ccc(-c3ccc(OCc4c#cc(OC5CCN(C(=O)C6=C=C=C(O)C=C6)CC5)cc4)cc3)cc2)c1. The van der Waals surface area contributed by atoms with Crippen LogP contribution in [0.2, 0.25) is 0 Å². The Morgan fingerprint density at radius 1 is 0.891 bits per heavy atom. The van der Waals surface area contributed by atoms with Crippen LogP contribution in [0.15, 0.2) is 120 Å². The molecule has 7 nitrogen and oxygen atoms in total. The fourth-order valence-electron chi connectivity index (χ4n) is 5.23. The van der Waals surface area contributed by atoms with Crippen LogP contribution in [0.1, 0.15) is 34.3 Å². The number of aliphatic hydroxyl groups is 1. The van der Waals surface area contributed by atoms with Gasteiger partial charge in [0, 0.05) is 42.7 Å². The molecule has 1 aliphatic heterocycles. The second kappa shape index (κ2) is 13.8. The predicted molar refractivity (Wildman–Crippen MR) is 176 cm³/mol. The molecule has 6 rings (SSSR count). The van der Waals surface area contributed by atoms with Crippen molar-refractivity contribution in [3.05, 3.63) is 149 Å². The first kappa shape index (κ1) is 30.1. The number of amides is 2. The summed E-state index contributed by atoms with van der Waals surface area (Å²) in [5, 5.41) is 12.3. The highest BCUT2D eigenvalue weighted by Crippen LogP contribution is 2.24. The zero-order chi connectivity index (χ0) is 31.9. The van der Waals surface area contributed by atoms with Crippen LogP contribution < -0.4 is 14.8 Å². The van der Waals surface area contributed by atoms with E-state index in [4.69, 9.17) is 9.47 Å². The largest absolute Gasteiger partial charge is 0.501 e. The van der Waals surface area contributed by atoms with E-state index in [1.165, 1.54) is 6.08 Å². The summed E-state index contributed by atoms with van der Waals surface area (Å²) in [6.07, 6.45) is 4.39. The van der Waals surface area contributed by atoms with Gasteiger partial charge in [-0.25, -0.2) is 0 Å². The maximum Gasteiger partial charge on any atom is 0.262 e. The van der Waals surface area contributed by atoms with Gasteiger partial charge < -0.3 is 24.8 Å². The van der Waals surface area contributed by atoms with Crippen LogP contribution in [-0.4, -0.2) is 41.0 Å². The van der Waals surface area contributed by atoms with Gasteiger partial charge >= 0.3 is 0 Å². The number of piperidine rings is 1. The first-order valence-electron chi connectivity index (χ1n) is 15.1. The molecule has 1 heterocycles. The number of ether oxygens (including phenoxy) is 2. The summed E-state index contributed by atoms with van der Waals surface area (Å²) in [4.78, 5) is 27.1. The molecule has 0 unspecified atom stereocenters. The van der Waals surface area contributed by atoms with Crippen molar-refractivity contribution in [3.63, 3.8) is 0 Å². The minimum absolute atomic E-state index is 0.0170. The monoisotopic (exact) mass is 608 g/mol. The number of carbonyl (C=O) groups is 2. The molecule has 2 N–H and O–H groups in total. The van der Waals surface area contributed by atoms with E-state index in [0.717, 1.165) is 33.7 Å². The summed E-state index contributed by atoms with van der Waals surface area (Å²) in [6, 6.07) is 33.0. The van der Waals surface area contributed by atoms with Crippen molar-refractivity contribution >= 4 is 17.5 Å². The van der Waals surface area contributed by atoms with Crippen molar-refractivity contribution in [3.8, 4) is 22.6 Å². The highest BCUT2D eigenvalue weighted by atomic mass is 16.5. The molecule has 2 aliphatic rings. The van der Waals surface area contributed by atoms with Crippen LogP contribution in [0.25, 0.3) is 11.1 Å². The number of hydrogen-bond acceptors (Lipinski definition) is 5. The van der Waals surface area contributed by atoms with Crippen molar-refractivity contribution in [1.29, 1.82) is 0 Å². The van der Waals surface area contributed by atoms with E-state index in [9.17, 15) is 14.7 Å². The molecule has 0 spiro atoms. The van der Waals surface area contributed by atoms with Crippen molar-refractivity contribution < 1.29 is 24.2 Å². The van der Waals surface area contributed by atoms with Crippen LogP contribution in [-0.2, 0) is 11.4 Å². The van der Waals surface area contributed by atoms with Crippen molar-refractivity contribution in [2.45, 2.75) is 32.5 Å². The maximum atomic E-state index is 12.7. The van der Waals surface area contributed by atoms with E-state index < -0.39 is 0 Å². The molecule has 0 atom stereocenters. The Balaban J connectivity index is 0.954. The zero-order valence-electron chi connectivity index (χ0n) is 25.4. The van der Waals surface area contributed by atoms with E-state index in [1.807, 2.05) is 91.9 Å². The average molecular weight is 609 g/mol. The summed E-state index contributed by atoms with van der Waals surface area (Å²) in [5.74, 6) is 1.04. The van der Waals surface area contributed by atoms with Gasteiger partial charge in [0.05, 0.1) is 5.57 Å². The Bertz CT molecular complexity index is 1850. The average Bonchev–Trinajstić information content (AvgIpc) is 3.09. The number of likely N-dealkylation sites (tertiary alicyclic amines) is 1. The lowest BCUT2D eigenvalue weighted by Crippen LogP contribution is -2.42. The lowest BCUT2D eigenvalue weighted by molar-refractivity contribution is -0.128. The van der Waals surface area contributed by atoms with Gasteiger partial charge in [0.2, 0.25) is 0 Å². The summed E-state index contributed by atoms with van der Waals surface area (Å²) < 4.78 is 12.1. The topological polar surface area (TPSA) is 88.1 Å². The third-order valence-electron chi connectivity index (χ3n) is 7.77. The van der Waals surface area contributed by atoms with Crippen LogP contribution in [0.4, 0.5) is 5.69 Å². The standard InChI is InChI=1S/C39H32N2O5/c1-27-3-2-4-33(25-27)40-38(43)31-9-7-29(8-10-31)30-13-19-35(20-14-30)45-26-28-5-17-36(18-6-28)46-37-21-23-41(24-22-37)39(44)32-11-15-34(42)16-12-32/h2-5,7-11,13-15,17,19-20,25,37,42H,21-24,26H2,1H3,(H,40,43). The second-order valence-electron chi connectivity index (χ2n) is 11.2. The number of aryl methyl sites for hydroxylation is 1. The molecule has 7 heteroatoms. The summed E-state index contributed by atoms with van der Waals surface area (Å²) in [7, 11) is 0. The molecule has 0 saturated carbocycles. The molecule has 46 heavy (non-hydrogen) atoms.